The van der Waals surface area contributed by atoms with E-state index in [2.05, 4.69) is 36.4 Å². The molecule has 0 saturated heterocycles. The number of benzene rings is 2. The first kappa shape index (κ1) is 17.1. The molecule has 3 heteroatoms. The molecule has 0 amide bonds. The zero-order valence-electron chi connectivity index (χ0n) is 14.3. The van der Waals surface area contributed by atoms with Gasteiger partial charge in [-0.2, -0.15) is 0 Å². The largest absolute Gasteiger partial charge is 0.497 e. The molecule has 25 heavy (non-hydrogen) atoms. The number of hydrogen-bond acceptors (Lipinski definition) is 3. The van der Waals surface area contributed by atoms with Crippen molar-refractivity contribution < 1.29 is 9.47 Å². The predicted molar refractivity (Wildman–Crippen MR) is 108 cm³/mol. The van der Waals surface area contributed by atoms with Crippen LogP contribution in [0.15, 0.2) is 60.7 Å². The van der Waals surface area contributed by atoms with Gasteiger partial charge in [-0.25, -0.2) is 0 Å². The van der Waals surface area contributed by atoms with E-state index in [1.165, 1.54) is 9.75 Å². The molecular formula is C22H20O2S. The lowest BCUT2D eigenvalue weighted by Gasteiger charge is -1.98. The Morgan fingerprint density at radius 3 is 1.32 bits per heavy atom. The SMILES string of the molecule is COc1ccc(/C=C/c2ccc(/C=C/c3ccc(OC)cc3)s2)cc1. The Hall–Kier alpha value is -2.78. The molecule has 0 unspecified atom stereocenters. The van der Waals surface area contributed by atoms with Gasteiger partial charge in [0.25, 0.3) is 0 Å². The fourth-order valence-electron chi connectivity index (χ4n) is 2.33. The van der Waals surface area contributed by atoms with Crippen LogP contribution < -0.4 is 9.47 Å². The lowest BCUT2D eigenvalue weighted by Crippen LogP contribution is -1.81. The van der Waals surface area contributed by atoms with Gasteiger partial charge in [-0.15, -0.1) is 11.3 Å². The summed E-state index contributed by atoms with van der Waals surface area (Å²) in [6, 6.07) is 20.3. The zero-order chi connectivity index (χ0) is 17.5. The van der Waals surface area contributed by atoms with E-state index < -0.39 is 0 Å². The van der Waals surface area contributed by atoms with E-state index in [0.29, 0.717) is 0 Å². The predicted octanol–water partition coefficient (Wildman–Crippen LogP) is 6.11. The van der Waals surface area contributed by atoms with E-state index in [-0.39, 0.29) is 0 Å². The molecule has 0 aliphatic heterocycles. The molecular weight excluding hydrogens is 328 g/mol. The highest BCUT2D eigenvalue weighted by Crippen LogP contribution is 2.22. The second-order valence-electron chi connectivity index (χ2n) is 5.45. The summed E-state index contributed by atoms with van der Waals surface area (Å²) in [4.78, 5) is 2.45. The highest BCUT2D eigenvalue weighted by Gasteiger charge is 1.96. The van der Waals surface area contributed by atoms with E-state index in [1.54, 1.807) is 25.6 Å². The van der Waals surface area contributed by atoms with Gasteiger partial charge in [0.05, 0.1) is 14.2 Å². The Balaban J connectivity index is 1.64. The van der Waals surface area contributed by atoms with Crippen molar-refractivity contribution in [3.63, 3.8) is 0 Å². The standard InChI is InChI=1S/C22H20O2S/c1-23-19-9-3-17(4-10-19)7-13-21-15-16-22(25-21)14-8-18-5-11-20(24-2)12-6-18/h3-16H,1-2H3/b13-7+,14-8+. The van der Waals surface area contributed by atoms with Crippen molar-refractivity contribution in [3.8, 4) is 11.5 Å². The molecule has 2 nitrogen and oxygen atoms in total. The van der Waals surface area contributed by atoms with Crippen LogP contribution in [0.2, 0.25) is 0 Å². The van der Waals surface area contributed by atoms with E-state index >= 15 is 0 Å². The molecule has 126 valence electrons. The van der Waals surface area contributed by atoms with Crippen LogP contribution in [-0.4, -0.2) is 14.2 Å². The van der Waals surface area contributed by atoms with E-state index in [1.807, 2.05) is 48.5 Å². The molecule has 0 aliphatic rings. The molecule has 3 rings (SSSR count). The molecule has 0 fully saturated rings. The summed E-state index contributed by atoms with van der Waals surface area (Å²) >= 11 is 1.76. The van der Waals surface area contributed by atoms with Gasteiger partial charge in [0.1, 0.15) is 11.5 Å². The molecule has 1 heterocycles. The maximum atomic E-state index is 5.17. The second-order valence-corrected chi connectivity index (χ2v) is 6.60. The summed E-state index contributed by atoms with van der Waals surface area (Å²) in [5.74, 6) is 1.75. The van der Waals surface area contributed by atoms with E-state index in [9.17, 15) is 0 Å². The molecule has 2 aromatic carbocycles. The maximum absolute atomic E-state index is 5.17. The third-order valence-electron chi connectivity index (χ3n) is 3.76. The molecule has 0 saturated carbocycles. The molecule has 0 N–H and O–H groups in total. The summed E-state index contributed by atoms with van der Waals surface area (Å²) in [6.45, 7) is 0. The summed E-state index contributed by atoms with van der Waals surface area (Å²) in [5.41, 5.74) is 2.31. The number of ether oxygens (including phenoxy) is 2. The highest BCUT2D eigenvalue weighted by molar-refractivity contribution is 7.13. The van der Waals surface area contributed by atoms with E-state index in [4.69, 9.17) is 9.47 Å². The van der Waals surface area contributed by atoms with Crippen molar-refractivity contribution in [1.29, 1.82) is 0 Å². The van der Waals surface area contributed by atoms with Gasteiger partial charge in [0.2, 0.25) is 0 Å². The van der Waals surface area contributed by atoms with Crippen LogP contribution in [0.5, 0.6) is 11.5 Å². The third-order valence-corrected chi connectivity index (χ3v) is 4.78. The Morgan fingerprint density at radius 1 is 0.560 bits per heavy atom. The smallest absolute Gasteiger partial charge is 0.118 e. The van der Waals surface area contributed by atoms with Crippen LogP contribution in [0.4, 0.5) is 0 Å². The topological polar surface area (TPSA) is 18.5 Å². The molecule has 0 radical (unpaired) electrons. The van der Waals surface area contributed by atoms with Crippen LogP contribution in [0.1, 0.15) is 20.9 Å². The van der Waals surface area contributed by atoms with Crippen molar-refractivity contribution >= 4 is 35.6 Å². The van der Waals surface area contributed by atoms with Crippen molar-refractivity contribution in [2.24, 2.45) is 0 Å². The van der Waals surface area contributed by atoms with Gasteiger partial charge >= 0.3 is 0 Å². The monoisotopic (exact) mass is 348 g/mol. The minimum absolute atomic E-state index is 0.874. The lowest BCUT2D eigenvalue weighted by atomic mass is 10.2. The van der Waals surface area contributed by atoms with Gasteiger partial charge in [0.15, 0.2) is 0 Å². The fraction of sp³-hybridized carbons (Fsp3) is 0.0909. The molecule has 0 spiro atoms. The van der Waals surface area contributed by atoms with Crippen LogP contribution >= 0.6 is 11.3 Å². The first-order valence-corrected chi connectivity index (χ1v) is 8.82. The van der Waals surface area contributed by atoms with Crippen molar-refractivity contribution in [2.45, 2.75) is 0 Å². The van der Waals surface area contributed by atoms with Gasteiger partial charge in [-0.1, -0.05) is 36.4 Å². The van der Waals surface area contributed by atoms with Crippen molar-refractivity contribution in [1.82, 2.24) is 0 Å². The summed E-state index contributed by atoms with van der Waals surface area (Å²) < 4.78 is 10.3. The Labute approximate surface area is 152 Å². The Morgan fingerprint density at radius 2 is 0.960 bits per heavy atom. The number of methoxy groups -OCH3 is 2. The molecule has 0 bridgehead atoms. The zero-order valence-corrected chi connectivity index (χ0v) is 15.1. The average Bonchev–Trinajstić information content (AvgIpc) is 3.13. The van der Waals surface area contributed by atoms with Gasteiger partial charge in [-0.3, -0.25) is 0 Å². The molecule has 0 aliphatic carbocycles. The highest BCUT2D eigenvalue weighted by atomic mass is 32.1. The minimum atomic E-state index is 0.874. The Kier molecular flexibility index (Phi) is 5.70. The van der Waals surface area contributed by atoms with Crippen molar-refractivity contribution in [3.05, 3.63) is 81.5 Å². The third kappa shape index (κ3) is 4.85. The fourth-order valence-corrected chi connectivity index (χ4v) is 3.15. The van der Waals surface area contributed by atoms with Crippen molar-refractivity contribution in [2.75, 3.05) is 14.2 Å². The lowest BCUT2D eigenvalue weighted by molar-refractivity contribution is 0.414. The van der Waals surface area contributed by atoms with E-state index in [0.717, 1.165) is 22.6 Å². The summed E-state index contributed by atoms with van der Waals surface area (Å²) in [7, 11) is 3.36. The summed E-state index contributed by atoms with van der Waals surface area (Å²) in [6.07, 6.45) is 8.50. The quantitative estimate of drug-likeness (QED) is 0.535. The maximum Gasteiger partial charge on any atom is 0.118 e. The first-order valence-electron chi connectivity index (χ1n) is 8.01. The number of thiophene rings is 1. The van der Waals surface area contributed by atoms with Crippen LogP contribution in [0.3, 0.4) is 0 Å². The van der Waals surface area contributed by atoms with Gasteiger partial charge in [0, 0.05) is 9.75 Å². The molecule has 1 aromatic heterocycles. The average molecular weight is 348 g/mol. The van der Waals surface area contributed by atoms with Gasteiger partial charge < -0.3 is 9.47 Å². The molecule has 0 atom stereocenters. The van der Waals surface area contributed by atoms with Gasteiger partial charge in [-0.05, 0) is 59.7 Å². The summed E-state index contributed by atoms with van der Waals surface area (Å²) in [5, 5.41) is 0. The minimum Gasteiger partial charge on any atom is -0.497 e. The van der Waals surface area contributed by atoms with Crippen LogP contribution in [0, 0.1) is 0 Å². The number of hydrogen-bond donors (Lipinski definition) is 0. The van der Waals surface area contributed by atoms with Crippen LogP contribution in [-0.2, 0) is 0 Å². The Bertz CT molecular complexity index is 784. The number of rotatable bonds is 6. The second kappa shape index (κ2) is 8.36. The van der Waals surface area contributed by atoms with Crippen LogP contribution in [0.25, 0.3) is 24.3 Å². The normalized spacial score (nSPS) is 11.3. The first-order chi connectivity index (χ1) is 12.3. The molecule has 3 aromatic rings.